The molecule has 2 aromatic rings. The summed E-state index contributed by atoms with van der Waals surface area (Å²) in [5.41, 5.74) is -0.163. The first-order chi connectivity index (χ1) is 13.8. The number of ether oxygens (including phenoxy) is 1. The highest BCUT2D eigenvalue weighted by molar-refractivity contribution is 6.30. The molecule has 1 atom stereocenters. The molecule has 1 amide bonds. The third kappa shape index (κ3) is 5.35. The summed E-state index contributed by atoms with van der Waals surface area (Å²) in [4.78, 5) is 16.4. The first kappa shape index (κ1) is 21.3. The highest BCUT2D eigenvalue weighted by Crippen LogP contribution is 2.32. The van der Waals surface area contributed by atoms with Crippen molar-refractivity contribution in [1.82, 2.24) is 4.90 Å². The van der Waals surface area contributed by atoms with Gasteiger partial charge in [0.15, 0.2) is 6.10 Å². The number of nitrogens with zero attached hydrogens (tertiary/aromatic N) is 2. The van der Waals surface area contributed by atoms with E-state index in [-0.39, 0.29) is 5.91 Å². The van der Waals surface area contributed by atoms with Gasteiger partial charge in [0.2, 0.25) is 0 Å². The topological polar surface area (TPSA) is 32.8 Å². The summed E-state index contributed by atoms with van der Waals surface area (Å²) in [5.74, 6) is 0.400. The SMILES string of the molecule is CC[C@H](Oc1cccc(Cl)c1)C(=O)N1CCN(c2cccc(C(F)(F)F)c2)CC1. The number of hydrogen-bond acceptors (Lipinski definition) is 3. The van der Waals surface area contributed by atoms with Crippen LogP contribution in [0.5, 0.6) is 5.75 Å². The van der Waals surface area contributed by atoms with Crippen LogP contribution in [-0.4, -0.2) is 43.1 Å². The van der Waals surface area contributed by atoms with Crippen LogP contribution in [0.15, 0.2) is 48.5 Å². The van der Waals surface area contributed by atoms with E-state index >= 15 is 0 Å². The molecule has 4 nitrogen and oxygen atoms in total. The van der Waals surface area contributed by atoms with Gasteiger partial charge in [0.1, 0.15) is 5.75 Å². The molecule has 0 saturated carbocycles. The minimum Gasteiger partial charge on any atom is -0.481 e. The third-order valence-electron chi connectivity index (χ3n) is 4.85. The van der Waals surface area contributed by atoms with Crippen LogP contribution in [0.2, 0.25) is 5.02 Å². The summed E-state index contributed by atoms with van der Waals surface area (Å²) >= 11 is 5.96. The van der Waals surface area contributed by atoms with Gasteiger partial charge in [-0.3, -0.25) is 4.79 Å². The normalized spacial score (nSPS) is 15.9. The van der Waals surface area contributed by atoms with Gasteiger partial charge in [0, 0.05) is 36.9 Å². The predicted octanol–water partition coefficient (Wildman–Crippen LogP) is 4.87. The van der Waals surface area contributed by atoms with Crippen LogP contribution in [0.3, 0.4) is 0 Å². The van der Waals surface area contributed by atoms with E-state index in [0.29, 0.717) is 49.1 Å². The van der Waals surface area contributed by atoms with E-state index in [0.717, 1.165) is 12.1 Å². The molecule has 1 saturated heterocycles. The van der Waals surface area contributed by atoms with Crippen molar-refractivity contribution >= 4 is 23.2 Å². The average Bonchev–Trinajstić information content (AvgIpc) is 2.71. The van der Waals surface area contributed by atoms with E-state index in [1.165, 1.54) is 6.07 Å². The Morgan fingerprint density at radius 1 is 1.10 bits per heavy atom. The van der Waals surface area contributed by atoms with Gasteiger partial charge < -0.3 is 14.5 Å². The number of benzene rings is 2. The molecule has 0 aliphatic carbocycles. The highest BCUT2D eigenvalue weighted by atomic mass is 35.5. The predicted molar refractivity (Wildman–Crippen MR) is 106 cm³/mol. The standard InChI is InChI=1S/C21H22ClF3N2O2/c1-2-19(29-18-8-4-6-16(22)14-18)20(28)27-11-9-26(10-12-27)17-7-3-5-15(13-17)21(23,24)25/h3-8,13-14,19H,2,9-12H2,1H3/t19-/m0/s1. The molecule has 29 heavy (non-hydrogen) atoms. The van der Waals surface area contributed by atoms with Crippen LogP contribution in [-0.2, 0) is 11.0 Å². The number of anilines is 1. The van der Waals surface area contributed by atoms with E-state index < -0.39 is 17.8 Å². The second kappa shape index (κ2) is 8.95. The Kier molecular flexibility index (Phi) is 6.57. The number of carbonyl (C=O) groups is 1. The zero-order valence-corrected chi connectivity index (χ0v) is 16.7. The molecule has 3 rings (SSSR count). The van der Waals surface area contributed by atoms with Gasteiger partial charge in [-0.25, -0.2) is 0 Å². The van der Waals surface area contributed by atoms with Crippen LogP contribution < -0.4 is 9.64 Å². The van der Waals surface area contributed by atoms with Crippen LogP contribution >= 0.6 is 11.6 Å². The second-order valence-corrected chi connectivity index (χ2v) is 7.27. The lowest BCUT2D eigenvalue weighted by atomic mass is 10.1. The van der Waals surface area contributed by atoms with E-state index in [2.05, 4.69) is 0 Å². The molecule has 1 fully saturated rings. The molecule has 0 radical (unpaired) electrons. The number of amides is 1. The Balaban J connectivity index is 1.61. The van der Waals surface area contributed by atoms with Crippen molar-refractivity contribution in [3.63, 3.8) is 0 Å². The van der Waals surface area contributed by atoms with Crippen LogP contribution in [0, 0.1) is 0 Å². The number of rotatable bonds is 5. The van der Waals surface area contributed by atoms with Crippen molar-refractivity contribution in [2.75, 3.05) is 31.1 Å². The summed E-state index contributed by atoms with van der Waals surface area (Å²) in [5, 5.41) is 0.527. The van der Waals surface area contributed by atoms with Crippen LogP contribution in [0.4, 0.5) is 18.9 Å². The average molecular weight is 427 g/mol. The number of alkyl halides is 3. The van der Waals surface area contributed by atoms with Crippen LogP contribution in [0.1, 0.15) is 18.9 Å². The molecule has 1 heterocycles. The van der Waals surface area contributed by atoms with Gasteiger partial charge in [0.25, 0.3) is 5.91 Å². The lowest BCUT2D eigenvalue weighted by Gasteiger charge is -2.37. The fraction of sp³-hybridized carbons (Fsp3) is 0.381. The van der Waals surface area contributed by atoms with Gasteiger partial charge in [-0.2, -0.15) is 13.2 Å². The molecular formula is C21H22ClF3N2O2. The fourth-order valence-electron chi connectivity index (χ4n) is 3.28. The Hall–Kier alpha value is -2.41. The highest BCUT2D eigenvalue weighted by Gasteiger charge is 2.32. The molecule has 0 spiro atoms. The zero-order chi connectivity index (χ0) is 21.0. The Morgan fingerprint density at radius 2 is 1.79 bits per heavy atom. The summed E-state index contributed by atoms with van der Waals surface area (Å²) in [6, 6.07) is 12.1. The number of carbonyl (C=O) groups excluding carboxylic acids is 1. The lowest BCUT2D eigenvalue weighted by molar-refractivity contribution is -0.139. The van der Waals surface area contributed by atoms with Gasteiger partial charge in [0.05, 0.1) is 5.56 Å². The van der Waals surface area contributed by atoms with Crippen molar-refractivity contribution in [3.05, 3.63) is 59.1 Å². The summed E-state index contributed by atoms with van der Waals surface area (Å²) in [6.45, 7) is 3.63. The second-order valence-electron chi connectivity index (χ2n) is 6.83. The van der Waals surface area contributed by atoms with Crippen molar-refractivity contribution in [2.24, 2.45) is 0 Å². The molecule has 156 valence electrons. The molecule has 0 unspecified atom stereocenters. The van der Waals surface area contributed by atoms with E-state index in [1.54, 1.807) is 35.2 Å². The molecule has 1 aliphatic rings. The van der Waals surface area contributed by atoms with Gasteiger partial charge >= 0.3 is 6.18 Å². The van der Waals surface area contributed by atoms with Crippen molar-refractivity contribution < 1.29 is 22.7 Å². The molecule has 0 bridgehead atoms. The fourth-order valence-corrected chi connectivity index (χ4v) is 3.46. The van der Waals surface area contributed by atoms with E-state index in [1.807, 2.05) is 11.8 Å². The minimum absolute atomic E-state index is 0.129. The van der Waals surface area contributed by atoms with Crippen molar-refractivity contribution in [2.45, 2.75) is 25.6 Å². The number of piperazine rings is 1. The Morgan fingerprint density at radius 3 is 2.41 bits per heavy atom. The molecule has 1 aliphatic heterocycles. The van der Waals surface area contributed by atoms with Gasteiger partial charge in [-0.15, -0.1) is 0 Å². The summed E-state index contributed by atoms with van der Waals surface area (Å²) < 4.78 is 44.6. The minimum atomic E-state index is -4.38. The number of hydrogen-bond donors (Lipinski definition) is 0. The molecule has 2 aromatic carbocycles. The smallest absolute Gasteiger partial charge is 0.416 e. The van der Waals surface area contributed by atoms with Crippen molar-refractivity contribution in [3.8, 4) is 5.75 Å². The monoisotopic (exact) mass is 426 g/mol. The third-order valence-corrected chi connectivity index (χ3v) is 5.09. The van der Waals surface area contributed by atoms with Gasteiger partial charge in [-0.1, -0.05) is 30.7 Å². The first-order valence-corrected chi connectivity index (χ1v) is 9.79. The van der Waals surface area contributed by atoms with E-state index in [4.69, 9.17) is 16.3 Å². The van der Waals surface area contributed by atoms with E-state index in [9.17, 15) is 18.0 Å². The molecule has 8 heteroatoms. The quantitative estimate of drug-likeness (QED) is 0.684. The van der Waals surface area contributed by atoms with Gasteiger partial charge in [-0.05, 0) is 42.8 Å². The summed E-state index contributed by atoms with van der Waals surface area (Å²) in [7, 11) is 0. The molecular weight excluding hydrogens is 405 g/mol. The zero-order valence-electron chi connectivity index (χ0n) is 16.0. The number of halogens is 4. The molecule has 0 aromatic heterocycles. The van der Waals surface area contributed by atoms with Crippen LogP contribution in [0.25, 0.3) is 0 Å². The Labute approximate surface area is 172 Å². The maximum absolute atomic E-state index is 12.9. The maximum Gasteiger partial charge on any atom is 0.416 e. The summed E-state index contributed by atoms with van der Waals surface area (Å²) in [6.07, 6.45) is -4.51. The largest absolute Gasteiger partial charge is 0.481 e. The maximum atomic E-state index is 12.9. The first-order valence-electron chi connectivity index (χ1n) is 9.41. The Bertz CT molecular complexity index is 852. The van der Waals surface area contributed by atoms with Crippen molar-refractivity contribution in [1.29, 1.82) is 0 Å². The lowest BCUT2D eigenvalue weighted by Crippen LogP contribution is -2.52. The molecule has 0 N–H and O–H groups in total.